The molecule has 21 heavy (non-hydrogen) atoms. The number of hydrogen-bond acceptors (Lipinski definition) is 4. The Morgan fingerprint density at radius 1 is 1.38 bits per heavy atom. The zero-order valence-corrected chi connectivity index (χ0v) is 12.4. The minimum absolute atomic E-state index is 0.249. The smallest absolute Gasteiger partial charge is 0.265 e. The van der Waals surface area contributed by atoms with Crippen LogP contribution in [0.25, 0.3) is 0 Å². The molecule has 0 saturated carbocycles. The first kappa shape index (κ1) is 15.1. The van der Waals surface area contributed by atoms with Crippen LogP contribution in [0.15, 0.2) is 30.3 Å². The van der Waals surface area contributed by atoms with E-state index in [4.69, 9.17) is 22.6 Å². The molecular weight excluding hydrogens is 306 g/mol. The summed E-state index contributed by atoms with van der Waals surface area (Å²) in [5.74, 6) is 5.36. The van der Waals surface area contributed by atoms with Crippen molar-refractivity contribution in [2.45, 2.75) is 0 Å². The van der Waals surface area contributed by atoms with Crippen LogP contribution in [-0.2, 0) is 0 Å². The number of carbonyl (C=O) groups is 1. The zero-order valence-electron chi connectivity index (χ0n) is 10.8. The first-order valence-corrected chi connectivity index (χ1v) is 7.13. The van der Waals surface area contributed by atoms with E-state index in [0.29, 0.717) is 21.2 Å². The summed E-state index contributed by atoms with van der Waals surface area (Å²) in [4.78, 5) is 13.4. The van der Waals surface area contributed by atoms with Gasteiger partial charge in [0.05, 0.1) is 26.9 Å². The molecule has 0 saturated heterocycles. The van der Waals surface area contributed by atoms with E-state index in [1.54, 1.807) is 30.3 Å². The molecule has 1 amide bonds. The molecule has 0 aliphatic heterocycles. The van der Waals surface area contributed by atoms with Crippen LogP contribution in [0.3, 0.4) is 0 Å². The summed E-state index contributed by atoms with van der Waals surface area (Å²) in [6.07, 6.45) is 0. The Balaban J connectivity index is 2.13. The van der Waals surface area contributed by atoms with Gasteiger partial charge in [-0.25, -0.2) is 0 Å². The highest BCUT2D eigenvalue weighted by molar-refractivity contribution is 7.14. The molecule has 1 aromatic heterocycles. The van der Waals surface area contributed by atoms with Gasteiger partial charge in [-0.2, -0.15) is 5.26 Å². The van der Waals surface area contributed by atoms with Crippen LogP contribution in [0.5, 0.6) is 0 Å². The fraction of sp³-hybridized carbons (Fsp3) is 0.0667. The second kappa shape index (κ2) is 6.92. The SMILES string of the molecule is N#Cc1ccc(NC(=O)c2ccc(C#CCN)s2)cc1Cl. The molecule has 1 aromatic carbocycles. The van der Waals surface area contributed by atoms with Crippen molar-refractivity contribution in [2.24, 2.45) is 5.73 Å². The molecule has 0 aliphatic rings. The first-order chi connectivity index (χ1) is 10.1. The molecule has 4 nitrogen and oxygen atoms in total. The van der Waals surface area contributed by atoms with Gasteiger partial charge in [-0.05, 0) is 30.3 Å². The Hall–Kier alpha value is -2.31. The van der Waals surface area contributed by atoms with E-state index >= 15 is 0 Å². The molecule has 3 N–H and O–H groups in total. The van der Waals surface area contributed by atoms with Crippen molar-refractivity contribution < 1.29 is 4.79 Å². The number of rotatable bonds is 2. The molecule has 0 radical (unpaired) electrons. The number of carbonyl (C=O) groups excluding carboxylic acids is 1. The average molecular weight is 316 g/mol. The predicted octanol–water partition coefficient (Wildman–Crippen LogP) is 2.84. The fourth-order valence-electron chi connectivity index (χ4n) is 1.54. The molecule has 0 spiro atoms. The van der Waals surface area contributed by atoms with Gasteiger partial charge >= 0.3 is 0 Å². The molecule has 0 aliphatic carbocycles. The standard InChI is InChI=1S/C15H10ClN3OS/c16-13-8-11(4-3-10(13)9-18)19-15(20)14-6-5-12(21-14)2-1-7-17/h3-6,8H,7,17H2,(H,19,20). The highest BCUT2D eigenvalue weighted by Gasteiger charge is 2.10. The number of nitrogens with zero attached hydrogens (tertiary/aromatic N) is 1. The molecule has 0 bridgehead atoms. The lowest BCUT2D eigenvalue weighted by Crippen LogP contribution is -2.10. The largest absolute Gasteiger partial charge is 0.321 e. The summed E-state index contributed by atoms with van der Waals surface area (Å²) < 4.78 is 0. The number of hydrogen-bond donors (Lipinski definition) is 2. The Kier molecular flexibility index (Phi) is 4.97. The minimum Gasteiger partial charge on any atom is -0.321 e. The Morgan fingerprint density at radius 3 is 2.86 bits per heavy atom. The van der Waals surface area contributed by atoms with Crippen LogP contribution in [-0.4, -0.2) is 12.5 Å². The van der Waals surface area contributed by atoms with Gasteiger partial charge < -0.3 is 11.1 Å². The van der Waals surface area contributed by atoms with Gasteiger partial charge in [0.25, 0.3) is 5.91 Å². The van der Waals surface area contributed by atoms with E-state index in [0.717, 1.165) is 4.88 Å². The number of benzene rings is 1. The molecule has 104 valence electrons. The van der Waals surface area contributed by atoms with Crippen LogP contribution in [0.2, 0.25) is 5.02 Å². The maximum Gasteiger partial charge on any atom is 0.265 e. The summed E-state index contributed by atoms with van der Waals surface area (Å²) in [6.45, 7) is 0.281. The molecule has 2 rings (SSSR count). The molecular formula is C15H10ClN3OS. The maximum atomic E-state index is 12.1. The Morgan fingerprint density at radius 2 is 2.19 bits per heavy atom. The lowest BCUT2D eigenvalue weighted by Gasteiger charge is -2.04. The van der Waals surface area contributed by atoms with Crippen LogP contribution < -0.4 is 11.1 Å². The number of halogens is 1. The van der Waals surface area contributed by atoms with Gasteiger partial charge in [0.15, 0.2) is 0 Å². The zero-order chi connectivity index (χ0) is 15.2. The summed E-state index contributed by atoms with van der Waals surface area (Å²) in [7, 11) is 0. The predicted molar refractivity (Wildman–Crippen MR) is 84.4 cm³/mol. The van der Waals surface area contributed by atoms with Gasteiger partial charge in [0.1, 0.15) is 6.07 Å². The third kappa shape index (κ3) is 3.84. The molecule has 0 unspecified atom stereocenters. The monoisotopic (exact) mass is 315 g/mol. The van der Waals surface area contributed by atoms with Crippen molar-refractivity contribution in [3.8, 4) is 17.9 Å². The van der Waals surface area contributed by atoms with Crippen LogP contribution in [0, 0.1) is 23.2 Å². The molecule has 6 heteroatoms. The van der Waals surface area contributed by atoms with Crippen LogP contribution >= 0.6 is 22.9 Å². The summed E-state index contributed by atoms with van der Waals surface area (Å²) >= 11 is 7.20. The molecule has 0 fully saturated rings. The average Bonchev–Trinajstić information content (AvgIpc) is 2.94. The van der Waals surface area contributed by atoms with Gasteiger partial charge in [0.2, 0.25) is 0 Å². The Labute approximate surface area is 131 Å². The molecule has 2 aromatic rings. The van der Waals surface area contributed by atoms with E-state index < -0.39 is 0 Å². The number of anilines is 1. The number of thiophene rings is 1. The second-order valence-electron chi connectivity index (χ2n) is 3.93. The normalized spacial score (nSPS) is 9.38. The number of amides is 1. The highest BCUT2D eigenvalue weighted by atomic mass is 35.5. The van der Waals surface area contributed by atoms with Gasteiger partial charge in [-0.3, -0.25) is 4.79 Å². The second-order valence-corrected chi connectivity index (χ2v) is 5.42. The third-order valence-electron chi connectivity index (χ3n) is 2.49. The maximum absolute atomic E-state index is 12.1. The van der Waals surface area contributed by atoms with Gasteiger partial charge in [-0.15, -0.1) is 11.3 Å². The summed E-state index contributed by atoms with van der Waals surface area (Å²) in [5, 5.41) is 11.8. The number of nitrogens with two attached hydrogens (primary N) is 1. The lowest BCUT2D eigenvalue weighted by atomic mass is 10.2. The van der Waals surface area contributed by atoms with Crippen molar-refractivity contribution in [1.82, 2.24) is 0 Å². The fourth-order valence-corrected chi connectivity index (χ4v) is 2.54. The molecule has 0 atom stereocenters. The number of nitrogens with one attached hydrogen (secondary N) is 1. The summed E-state index contributed by atoms with van der Waals surface area (Å²) in [6, 6.07) is 10.2. The highest BCUT2D eigenvalue weighted by Crippen LogP contribution is 2.22. The van der Waals surface area contributed by atoms with E-state index in [9.17, 15) is 4.79 Å². The first-order valence-electron chi connectivity index (χ1n) is 5.94. The Bertz CT molecular complexity index is 780. The van der Waals surface area contributed by atoms with Crippen molar-refractivity contribution in [3.05, 3.63) is 50.7 Å². The van der Waals surface area contributed by atoms with Crippen molar-refractivity contribution >= 4 is 34.5 Å². The van der Waals surface area contributed by atoms with Crippen LogP contribution in [0.4, 0.5) is 5.69 Å². The van der Waals surface area contributed by atoms with Gasteiger partial charge in [0, 0.05) is 5.69 Å². The van der Waals surface area contributed by atoms with E-state index in [2.05, 4.69) is 17.2 Å². The minimum atomic E-state index is -0.249. The molecule has 1 heterocycles. The quantitative estimate of drug-likeness (QED) is 0.836. The van der Waals surface area contributed by atoms with Crippen molar-refractivity contribution in [2.75, 3.05) is 11.9 Å². The van der Waals surface area contributed by atoms with E-state index in [1.807, 2.05) is 6.07 Å². The topological polar surface area (TPSA) is 78.9 Å². The van der Waals surface area contributed by atoms with E-state index in [1.165, 1.54) is 11.3 Å². The van der Waals surface area contributed by atoms with Gasteiger partial charge in [-0.1, -0.05) is 23.4 Å². The number of nitriles is 1. The van der Waals surface area contributed by atoms with Crippen LogP contribution in [0.1, 0.15) is 20.1 Å². The lowest BCUT2D eigenvalue weighted by molar-refractivity contribution is 0.103. The summed E-state index contributed by atoms with van der Waals surface area (Å²) in [5.41, 5.74) is 6.20. The van der Waals surface area contributed by atoms with Crippen molar-refractivity contribution in [1.29, 1.82) is 5.26 Å². The third-order valence-corrected chi connectivity index (χ3v) is 3.80. The van der Waals surface area contributed by atoms with Crippen molar-refractivity contribution in [3.63, 3.8) is 0 Å². The van der Waals surface area contributed by atoms with E-state index in [-0.39, 0.29) is 12.5 Å².